The van der Waals surface area contributed by atoms with Gasteiger partial charge in [0.2, 0.25) is 11.6 Å². The van der Waals surface area contributed by atoms with E-state index in [1.165, 1.54) is 28.7 Å². The Morgan fingerprint density at radius 2 is 1.89 bits per heavy atom. The van der Waals surface area contributed by atoms with E-state index in [1.807, 2.05) is 55.5 Å². The fraction of sp³-hybridized carbons (Fsp3) is 0.286. The topological polar surface area (TPSA) is 105 Å². The van der Waals surface area contributed by atoms with Crippen molar-refractivity contribution in [1.82, 2.24) is 5.27 Å². The zero-order valence-electron chi connectivity index (χ0n) is 21.1. The number of aromatic amines is 1. The monoisotopic (exact) mass is 550 g/mol. The number of nitrogens with zero attached hydrogens (tertiary/aromatic N) is 1. The summed E-state index contributed by atoms with van der Waals surface area (Å²) in [5, 5.41) is 5.76. The van der Waals surface area contributed by atoms with Crippen LogP contribution in [-0.4, -0.2) is 29.5 Å². The van der Waals surface area contributed by atoms with Gasteiger partial charge in [-0.15, -0.1) is 11.3 Å². The van der Waals surface area contributed by atoms with E-state index >= 15 is 0 Å². The molecule has 4 aromatic rings. The average Bonchev–Trinajstić information content (AvgIpc) is 3.50. The molecule has 0 bridgehead atoms. The van der Waals surface area contributed by atoms with Crippen LogP contribution >= 0.6 is 23.1 Å². The van der Waals surface area contributed by atoms with Crippen LogP contribution in [0.3, 0.4) is 0 Å². The van der Waals surface area contributed by atoms with Crippen molar-refractivity contribution in [2.24, 2.45) is 0 Å². The minimum absolute atomic E-state index is 0.266. The molecule has 1 aliphatic carbocycles. The van der Waals surface area contributed by atoms with Crippen LogP contribution in [0.2, 0.25) is 0 Å². The molecule has 2 N–H and O–H groups in total. The molecule has 10 heteroatoms. The lowest BCUT2D eigenvalue weighted by atomic mass is 9.83. The van der Waals surface area contributed by atoms with Crippen molar-refractivity contribution in [3.63, 3.8) is 0 Å². The van der Waals surface area contributed by atoms with Gasteiger partial charge in [-0.3, -0.25) is 9.32 Å². The number of esters is 1. The van der Waals surface area contributed by atoms with Crippen LogP contribution < -0.4 is 15.6 Å². The van der Waals surface area contributed by atoms with Crippen LogP contribution in [0.15, 0.2) is 75.0 Å². The molecule has 38 heavy (non-hydrogen) atoms. The van der Waals surface area contributed by atoms with Gasteiger partial charge >= 0.3 is 16.6 Å². The highest BCUT2D eigenvalue weighted by Gasteiger charge is 2.34. The molecule has 0 fully saturated rings. The molecule has 1 aliphatic rings. The number of hydrogen-bond donors (Lipinski definition) is 2. The number of carbonyl (C=O) groups is 2. The Morgan fingerprint density at radius 3 is 2.58 bits per heavy atom. The van der Waals surface area contributed by atoms with Crippen molar-refractivity contribution < 1.29 is 23.5 Å². The van der Waals surface area contributed by atoms with Crippen molar-refractivity contribution in [3.8, 4) is 5.69 Å². The number of benzene rings is 2. The molecule has 0 radical (unpaired) electrons. The quantitative estimate of drug-likeness (QED) is 0.184. The number of fused-ring (bicyclic) bond motifs is 1. The summed E-state index contributed by atoms with van der Waals surface area (Å²) < 4.78 is 11.7. The summed E-state index contributed by atoms with van der Waals surface area (Å²) in [6.45, 7) is 1.88. The van der Waals surface area contributed by atoms with Crippen LogP contribution in [-0.2, 0) is 22.4 Å². The molecule has 2 aromatic heterocycles. The van der Waals surface area contributed by atoms with Crippen LogP contribution in [0.5, 0.6) is 0 Å². The zero-order chi connectivity index (χ0) is 26.6. The summed E-state index contributed by atoms with van der Waals surface area (Å²) in [5.74, 6) is -0.387. The SMILES string of the molecule is CCC(Sc1c(=O)o[nH][n+]1-c1ccccc1)C(=O)Nc1sc2c(c1C(=O)OC)CCC(c1ccccc1)C2. The summed E-state index contributed by atoms with van der Waals surface area (Å²) in [4.78, 5) is 39.8. The second kappa shape index (κ2) is 11.4. The second-order valence-electron chi connectivity index (χ2n) is 9.01. The number of hydrogen-bond acceptors (Lipinski definition) is 7. The Bertz CT molecular complexity index is 1490. The van der Waals surface area contributed by atoms with E-state index in [4.69, 9.17) is 9.26 Å². The molecule has 0 saturated carbocycles. The fourth-order valence-electron chi connectivity index (χ4n) is 4.76. The fourth-order valence-corrected chi connectivity index (χ4v) is 7.07. The minimum atomic E-state index is -0.592. The molecule has 1 amide bonds. The van der Waals surface area contributed by atoms with Gasteiger partial charge in [0, 0.05) is 17.0 Å². The summed E-state index contributed by atoms with van der Waals surface area (Å²) in [6, 6.07) is 19.6. The number of para-hydroxylation sites is 1. The first-order valence-corrected chi connectivity index (χ1v) is 14.1. The Balaban J connectivity index is 1.40. The van der Waals surface area contributed by atoms with Crippen molar-refractivity contribution >= 4 is 40.0 Å². The highest BCUT2D eigenvalue weighted by molar-refractivity contribution is 8.00. The molecule has 2 heterocycles. The molecule has 196 valence electrons. The average molecular weight is 551 g/mol. The number of thiophene rings is 1. The number of anilines is 1. The largest absolute Gasteiger partial charge is 0.465 e. The number of methoxy groups -OCH3 is 1. The molecule has 0 spiro atoms. The Morgan fingerprint density at radius 1 is 1.18 bits per heavy atom. The number of nitrogens with one attached hydrogen (secondary N) is 2. The molecule has 8 nitrogen and oxygen atoms in total. The van der Waals surface area contributed by atoms with E-state index in [0.29, 0.717) is 28.6 Å². The number of rotatable bonds is 8. The summed E-state index contributed by atoms with van der Waals surface area (Å²) >= 11 is 2.56. The minimum Gasteiger partial charge on any atom is -0.465 e. The number of thioether (sulfide) groups is 1. The number of carbonyl (C=O) groups excluding carboxylic acids is 2. The number of aromatic nitrogens is 2. The van der Waals surface area contributed by atoms with Crippen LogP contribution in [0.25, 0.3) is 5.69 Å². The smallest absolute Gasteiger partial charge is 0.442 e. The first kappa shape index (κ1) is 26.0. The van der Waals surface area contributed by atoms with E-state index in [2.05, 4.69) is 22.7 Å². The van der Waals surface area contributed by atoms with Gasteiger partial charge in [-0.1, -0.05) is 55.5 Å². The molecule has 5 rings (SSSR count). The third-order valence-corrected chi connectivity index (χ3v) is 9.28. The van der Waals surface area contributed by atoms with Gasteiger partial charge < -0.3 is 10.1 Å². The molecule has 0 saturated heterocycles. The van der Waals surface area contributed by atoms with Gasteiger partial charge in [0.1, 0.15) is 5.00 Å². The van der Waals surface area contributed by atoms with E-state index in [9.17, 15) is 14.4 Å². The molecule has 0 aliphatic heterocycles. The van der Waals surface area contributed by atoms with Gasteiger partial charge in [0.05, 0.1) is 17.9 Å². The van der Waals surface area contributed by atoms with Crippen molar-refractivity contribution in [2.45, 2.75) is 48.8 Å². The van der Waals surface area contributed by atoms with Crippen molar-refractivity contribution in [3.05, 3.63) is 92.7 Å². The maximum Gasteiger partial charge on any atom is 0.442 e. The van der Waals surface area contributed by atoms with Gasteiger partial charge in [0.25, 0.3) is 0 Å². The molecular formula is C28H28N3O5S2+. The molecular weight excluding hydrogens is 522 g/mol. The third-order valence-electron chi connectivity index (χ3n) is 6.70. The number of H-pyrrole nitrogens is 1. The number of ether oxygens (including phenoxy) is 1. The Labute approximate surface area is 228 Å². The molecule has 2 atom stereocenters. The first-order valence-electron chi connectivity index (χ1n) is 12.4. The van der Waals surface area contributed by atoms with Crippen LogP contribution in [0.4, 0.5) is 5.00 Å². The van der Waals surface area contributed by atoms with Crippen molar-refractivity contribution in [2.75, 3.05) is 12.4 Å². The summed E-state index contributed by atoms with van der Waals surface area (Å²) in [7, 11) is 1.35. The van der Waals surface area contributed by atoms with E-state index in [0.717, 1.165) is 41.5 Å². The summed E-state index contributed by atoms with van der Waals surface area (Å²) in [5.41, 5.74) is 2.82. The van der Waals surface area contributed by atoms with E-state index in [1.54, 1.807) is 0 Å². The standard InChI is InChI=1S/C28H27N3O5S2/c1-3-21(38-26-28(34)36-30-31(26)19-12-8-5-9-13-19)24(32)29-25-23(27(33)35-2)20-15-14-18(16-22(20)37-25)17-10-6-4-7-11-17/h4-13,18,21H,3,14-16H2,1-2H3,(H-,29,30,32,33,34)/p+1. The zero-order valence-corrected chi connectivity index (χ0v) is 22.7. The highest BCUT2D eigenvalue weighted by atomic mass is 32.2. The van der Waals surface area contributed by atoms with Gasteiger partial charge in [-0.2, -0.15) is 0 Å². The van der Waals surface area contributed by atoms with Gasteiger partial charge in [-0.25, -0.2) is 9.59 Å². The maximum atomic E-state index is 13.5. The number of amides is 1. The van der Waals surface area contributed by atoms with Crippen molar-refractivity contribution in [1.29, 1.82) is 0 Å². The lowest BCUT2D eigenvalue weighted by molar-refractivity contribution is -0.704. The normalized spacial score (nSPS) is 15.5. The van der Waals surface area contributed by atoms with E-state index < -0.39 is 16.8 Å². The second-order valence-corrected chi connectivity index (χ2v) is 11.3. The van der Waals surface area contributed by atoms with Crippen LogP contribution in [0, 0.1) is 0 Å². The summed E-state index contributed by atoms with van der Waals surface area (Å²) in [6.07, 6.45) is 2.92. The maximum absolute atomic E-state index is 13.5. The van der Waals surface area contributed by atoms with E-state index in [-0.39, 0.29) is 10.9 Å². The lowest BCUT2D eigenvalue weighted by Gasteiger charge is -2.22. The highest BCUT2D eigenvalue weighted by Crippen LogP contribution is 2.43. The molecule has 2 aromatic carbocycles. The van der Waals surface area contributed by atoms with Gasteiger partial charge in [0.15, 0.2) is 0 Å². The predicted molar refractivity (Wildman–Crippen MR) is 146 cm³/mol. The van der Waals surface area contributed by atoms with Crippen LogP contribution in [0.1, 0.15) is 52.0 Å². The third kappa shape index (κ3) is 5.19. The first-order chi connectivity index (χ1) is 18.5. The van der Waals surface area contributed by atoms with Gasteiger partial charge in [-0.05, 0) is 64.4 Å². The molecule has 2 unspecified atom stereocenters. The predicted octanol–water partition coefficient (Wildman–Crippen LogP) is 4.87. The Kier molecular flexibility index (Phi) is 7.80. The Hall–Kier alpha value is -3.63. The lowest BCUT2D eigenvalue weighted by Crippen LogP contribution is -2.37.